The Morgan fingerprint density at radius 3 is 2.14 bits per heavy atom. The first-order valence-electron chi connectivity index (χ1n) is 6.55. The van der Waals surface area contributed by atoms with Gasteiger partial charge in [0.2, 0.25) is 0 Å². The van der Waals surface area contributed by atoms with E-state index in [1.54, 1.807) is 0 Å². The maximum Gasteiger partial charge on any atom is 0.290 e. The predicted octanol–water partition coefficient (Wildman–Crippen LogP) is 0.377. The Balaban J connectivity index is 2.49. The first-order chi connectivity index (χ1) is 9.86. The maximum absolute atomic E-state index is 14.2. The van der Waals surface area contributed by atoms with Gasteiger partial charge in [0.25, 0.3) is 5.92 Å². The third-order valence-corrected chi connectivity index (χ3v) is 3.52. The average molecular weight is 304 g/mol. The molecule has 0 unspecified atom stereocenters. The molecule has 0 radical (unpaired) electrons. The molecule has 5 N–H and O–H groups in total. The summed E-state index contributed by atoms with van der Waals surface area (Å²) in [7, 11) is 0. The van der Waals surface area contributed by atoms with Gasteiger partial charge in [-0.1, -0.05) is 0 Å². The SMILES string of the molecule is OCC(F)(F)[C@@H](c1c(O)cc(O)cc1O)N1CCNCC1. The summed E-state index contributed by atoms with van der Waals surface area (Å²) in [6.45, 7) is 0.108. The van der Waals surface area contributed by atoms with Gasteiger partial charge in [-0.05, 0) is 0 Å². The van der Waals surface area contributed by atoms with Gasteiger partial charge in [-0.25, -0.2) is 8.78 Å². The topological polar surface area (TPSA) is 96.2 Å². The molecule has 0 aliphatic carbocycles. The van der Waals surface area contributed by atoms with Crippen LogP contribution in [-0.4, -0.2) is 64.0 Å². The highest BCUT2D eigenvalue weighted by Gasteiger charge is 2.46. The third kappa shape index (κ3) is 3.17. The van der Waals surface area contributed by atoms with Crippen LogP contribution in [0.4, 0.5) is 8.78 Å². The Morgan fingerprint density at radius 1 is 1.14 bits per heavy atom. The quantitative estimate of drug-likeness (QED) is 0.552. The zero-order valence-electron chi connectivity index (χ0n) is 11.3. The summed E-state index contributed by atoms with van der Waals surface area (Å²) in [6, 6.07) is 0.0975. The van der Waals surface area contributed by atoms with Crippen LogP contribution in [0.2, 0.25) is 0 Å². The van der Waals surface area contributed by atoms with E-state index < -0.39 is 41.4 Å². The van der Waals surface area contributed by atoms with Crippen LogP contribution in [0.25, 0.3) is 0 Å². The zero-order chi connectivity index (χ0) is 15.6. The molecule has 6 nitrogen and oxygen atoms in total. The fraction of sp³-hybridized carbons (Fsp3) is 0.538. The van der Waals surface area contributed by atoms with Crippen molar-refractivity contribution in [1.29, 1.82) is 0 Å². The smallest absolute Gasteiger partial charge is 0.290 e. The summed E-state index contributed by atoms with van der Waals surface area (Å²) < 4.78 is 28.3. The van der Waals surface area contributed by atoms with E-state index in [-0.39, 0.29) is 13.1 Å². The van der Waals surface area contributed by atoms with E-state index in [2.05, 4.69) is 5.32 Å². The third-order valence-electron chi connectivity index (χ3n) is 3.52. The van der Waals surface area contributed by atoms with Crippen molar-refractivity contribution in [2.24, 2.45) is 0 Å². The van der Waals surface area contributed by atoms with Crippen LogP contribution < -0.4 is 5.32 Å². The molecule has 2 rings (SSSR count). The summed E-state index contributed by atoms with van der Waals surface area (Å²) in [5.74, 6) is -5.25. The van der Waals surface area contributed by atoms with Crippen molar-refractivity contribution >= 4 is 0 Å². The van der Waals surface area contributed by atoms with E-state index in [4.69, 9.17) is 5.11 Å². The molecule has 8 heteroatoms. The zero-order valence-corrected chi connectivity index (χ0v) is 11.3. The van der Waals surface area contributed by atoms with Gasteiger partial charge in [0.15, 0.2) is 0 Å². The Labute approximate surface area is 120 Å². The van der Waals surface area contributed by atoms with Crippen LogP contribution in [0.15, 0.2) is 12.1 Å². The highest BCUT2D eigenvalue weighted by molar-refractivity contribution is 5.51. The lowest BCUT2D eigenvalue weighted by molar-refractivity contribution is -0.119. The first-order valence-corrected chi connectivity index (χ1v) is 6.55. The molecule has 0 saturated carbocycles. The lowest BCUT2D eigenvalue weighted by Gasteiger charge is -2.39. The number of nitrogens with zero attached hydrogens (tertiary/aromatic N) is 1. The molecule has 1 aromatic carbocycles. The summed E-state index contributed by atoms with van der Waals surface area (Å²) in [4.78, 5) is 1.39. The first kappa shape index (κ1) is 15.7. The molecule has 0 aromatic heterocycles. The van der Waals surface area contributed by atoms with Crippen molar-refractivity contribution in [3.8, 4) is 17.2 Å². The van der Waals surface area contributed by atoms with Crippen molar-refractivity contribution in [2.45, 2.75) is 12.0 Å². The fourth-order valence-corrected chi connectivity index (χ4v) is 2.58. The Morgan fingerprint density at radius 2 is 1.67 bits per heavy atom. The molecule has 118 valence electrons. The minimum Gasteiger partial charge on any atom is -0.508 e. The molecular weight excluding hydrogens is 286 g/mol. The molecule has 0 spiro atoms. The lowest BCUT2D eigenvalue weighted by atomic mass is 9.96. The molecule has 1 aliphatic rings. The van der Waals surface area contributed by atoms with E-state index in [0.29, 0.717) is 13.1 Å². The summed E-state index contributed by atoms with van der Waals surface area (Å²) in [5.41, 5.74) is -0.395. The number of aliphatic hydroxyl groups is 1. The van der Waals surface area contributed by atoms with Gasteiger partial charge < -0.3 is 25.7 Å². The molecule has 1 atom stereocenters. The van der Waals surface area contributed by atoms with Crippen molar-refractivity contribution < 1.29 is 29.2 Å². The van der Waals surface area contributed by atoms with Gasteiger partial charge in [-0.15, -0.1) is 0 Å². The molecule has 1 aromatic rings. The van der Waals surface area contributed by atoms with Gasteiger partial charge in [-0.3, -0.25) is 4.90 Å². The second-order valence-electron chi connectivity index (χ2n) is 5.01. The summed E-state index contributed by atoms with van der Waals surface area (Å²) in [6.07, 6.45) is 0. The lowest BCUT2D eigenvalue weighted by Crippen LogP contribution is -2.51. The number of hydrogen-bond donors (Lipinski definition) is 5. The largest absolute Gasteiger partial charge is 0.508 e. The number of hydrogen-bond acceptors (Lipinski definition) is 6. The van der Waals surface area contributed by atoms with E-state index in [1.807, 2.05) is 0 Å². The summed E-state index contributed by atoms with van der Waals surface area (Å²) >= 11 is 0. The number of aliphatic hydroxyl groups excluding tert-OH is 1. The minimum absolute atomic E-state index is 0.278. The molecule has 1 saturated heterocycles. The molecule has 21 heavy (non-hydrogen) atoms. The molecule has 1 fully saturated rings. The number of benzene rings is 1. The fourth-order valence-electron chi connectivity index (χ4n) is 2.58. The van der Waals surface area contributed by atoms with Crippen LogP contribution in [0.1, 0.15) is 11.6 Å². The molecular formula is C13H18F2N2O4. The van der Waals surface area contributed by atoms with E-state index >= 15 is 0 Å². The number of phenolic OH excluding ortho intramolecular Hbond substituents is 3. The Hall–Kier alpha value is -1.64. The van der Waals surface area contributed by atoms with Gasteiger partial charge in [0.05, 0.1) is 5.56 Å². The molecule has 1 heterocycles. The number of rotatable bonds is 4. The highest BCUT2D eigenvalue weighted by Crippen LogP contribution is 2.45. The molecule has 0 amide bonds. The molecule has 1 aliphatic heterocycles. The Bertz CT molecular complexity index is 484. The highest BCUT2D eigenvalue weighted by atomic mass is 19.3. The monoisotopic (exact) mass is 304 g/mol. The maximum atomic E-state index is 14.2. The minimum atomic E-state index is -3.55. The normalized spacial score (nSPS) is 18.6. The van der Waals surface area contributed by atoms with Gasteiger partial charge >= 0.3 is 0 Å². The number of nitrogens with one attached hydrogen (secondary N) is 1. The standard InChI is InChI=1S/C13H18F2N2O4/c14-13(15,7-18)12(17-3-1-16-2-4-17)11-9(20)5-8(19)6-10(11)21/h5-6,12,16,18-21H,1-4,7H2/t12-/m1/s1. The van der Waals surface area contributed by atoms with Crippen molar-refractivity contribution in [3.63, 3.8) is 0 Å². The number of piperazine rings is 1. The number of phenols is 3. The van der Waals surface area contributed by atoms with Crippen molar-refractivity contribution in [1.82, 2.24) is 10.2 Å². The second-order valence-corrected chi connectivity index (χ2v) is 5.01. The van der Waals surface area contributed by atoms with Crippen molar-refractivity contribution in [2.75, 3.05) is 32.8 Å². The van der Waals surface area contributed by atoms with Crippen LogP contribution in [-0.2, 0) is 0 Å². The second kappa shape index (κ2) is 6.00. The van der Waals surface area contributed by atoms with Crippen LogP contribution in [0, 0.1) is 0 Å². The molecule has 0 bridgehead atoms. The van der Waals surface area contributed by atoms with Crippen LogP contribution in [0.5, 0.6) is 17.2 Å². The van der Waals surface area contributed by atoms with E-state index in [1.165, 1.54) is 4.90 Å². The average Bonchev–Trinajstić information content (AvgIpc) is 2.43. The number of alkyl halides is 2. The predicted molar refractivity (Wildman–Crippen MR) is 70.7 cm³/mol. The van der Waals surface area contributed by atoms with Crippen LogP contribution in [0.3, 0.4) is 0 Å². The van der Waals surface area contributed by atoms with Gasteiger partial charge in [0.1, 0.15) is 29.9 Å². The van der Waals surface area contributed by atoms with E-state index in [0.717, 1.165) is 12.1 Å². The van der Waals surface area contributed by atoms with Crippen LogP contribution >= 0.6 is 0 Å². The number of aromatic hydroxyl groups is 3. The Kier molecular flexibility index (Phi) is 4.50. The van der Waals surface area contributed by atoms with Gasteiger partial charge in [-0.2, -0.15) is 0 Å². The van der Waals surface area contributed by atoms with Gasteiger partial charge in [0, 0.05) is 38.3 Å². The van der Waals surface area contributed by atoms with E-state index in [9.17, 15) is 24.1 Å². The summed E-state index contributed by atoms with van der Waals surface area (Å²) in [5, 5.41) is 41.0. The van der Waals surface area contributed by atoms with Crippen molar-refractivity contribution in [3.05, 3.63) is 17.7 Å². The number of halogens is 2.